The van der Waals surface area contributed by atoms with E-state index in [1.807, 2.05) is 0 Å². The highest BCUT2D eigenvalue weighted by Crippen LogP contribution is 2.29. The average molecular weight is 432 g/mol. The number of carbonyl (C=O) groups is 1. The molecule has 0 saturated carbocycles. The summed E-state index contributed by atoms with van der Waals surface area (Å²) in [5.41, 5.74) is 0.970. The van der Waals surface area contributed by atoms with Crippen molar-refractivity contribution in [1.29, 1.82) is 0 Å². The van der Waals surface area contributed by atoms with E-state index in [0.717, 1.165) is 10.4 Å². The Kier molecular flexibility index (Phi) is 5.73. The molecule has 2 atom stereocenters. The van der Waals surface area contributed by atoms with Gasteiger partial charge in [0.05, 0.1) is 5.02 Å². The van der Waals surface area contributed by atoms with Crippen molar-refractivity contribution in [2.75, 3.05) is 12.4 Å². The third kappa shape index (κ3) is 4.41. The number of hydrogen-bond acceptors (Lipinski definition) is 3. The normalized spacial score (nSPS) is 22.4. The summed E-state index contributed by atoms with van der Waals surface area (Å²) in [6.07, 6.45) is 0.206. The highest BCUT2D eigenvalue weighted by atomic mass is 35.5. The number of likely N-dealkylation sites (N-methyl/N-ethyl adjacent to an activating group) is 1. The minimum atomic E-state index is -3.87. The summed E-state index contributed by atoms with van der Waals surface area (Å²) >= 11 is 11.6. The molecule has 6 nitrogen and oxygen atoms in total. The molecule has 2 aromatic carbocycles. The molecule has 10 heteroatoms. The Bertz CT molecular complexity index is 970. The van der Waals surface area contributed by atoms with Gasteiger partial charge in [-0.05, 0) is 42.3 Å². The zero-order chi connectivity index (χ0) is 19.8. The van der Waals surface area contributed by atoms with Crippen LogP contribution in [0, 0.1) is 5.82 Å². The maximum absolute atomic E-state index is 13.3. The Hall–Kier alpha value is -1.71. The fourth-order valence-corrected chi connectivity index (χ4v) is 4.40. The Morgan fingerprint density at radius 3 is 2.52 bits per heavy atom. The average Bonchev–Trinajstić information content (AvgIpc) is 2.61. The lowest BCUT2D eigenvalue weighted by Gasteiger charge is -2.36. The van der Waals surface area contributed by atoms with Crippen LogP contribution in [0.25, 0.3) is 0 Å². The Balaban J connectivity index is 1.84. The van der Waals surface area contributed by atoms with E-state index >= 15 is 0 Å². The number of halogens is 3. The van der Waals surface area contributed by atoms with Crippen LogP contribution >= 0.6 is 23.2 Å². The van der Waals surface area contributed by atoms with Crippen molar-refractivity contribution in [3.8, 4) is 0 Å². The number of benzene rings is 2. The summed E-state index contributed by atoms with van der Waals surface area (Å²) < 4.78 is 41.7. The molecule has 1 amide bonds. The van der Waals surface area contributed by atoms with Gasteiger partial charge in [-0.25, -0.2) is 4.39 Å². The van der Waals surface area contributed by atoms with E-state index in [4.69, 9.17) is 23.2 Å². The van der Waals surface area contributed by atoms with Gasteiger partial charge in [0.2, 0.25) is 5.91 Å². The van der Waals surface area contributed by atoms with Gasteiger partial charge in [-0.2, -0.15) is 17.4 Å². The maximum atomic E-state index is 13.3. The van der Waals surface area contributed by atoms with Crippen molar-refractivity contribution in [3.63, 3.8) is 0 Å². The van der Waals surface area contributed by atoms with Crippen LogP contribution < -0.4 is 10.0 Å². The Morgan fingerprint density at radius 1 is 1.22 bits per heavy atom. The molecule has 0 radical (unpaired) electrons. The van der Waals surface area contributed by atoms with E-state index in [0.29, 0.717) is 10.6 Å². The van der Waals surface area contributed by atoms with E-state index in [1.165, 1.54) is 19.2 Å². The van der Waals surface area contributed by atoms with E-state index < -0.39 is 34.0 Å². The van der Waals surface area contributed by atoms with Gasteiger partial charge in [0.1, 0.15) is 11.9 Å². The number of carbonyl (C=O) groups excluding carboxylic acids is 1. The van der Waals surface area contributed by atoms with Crippen LogP contribution in [0.5, 0.6) is 0 Å². The highest BCUT2D eigenvalue weighted by Gasteiger charge is 2.40. The molecule has 1 aliphatic rings. The van der Waals surface area contributed by atoms with Crippen molar-refractivity contribution < 1.29 is 17.6 Å². The molecule has 0 bridgehead atoms. The summed E-state index contributed by atoms with van der Waals surface area (Å²) in [6, 6.07) is 8.91. The van der Waals surface area contributed by atoms with Crippen molar-refractivity contribution in [1.82, 2.24) is 9.03 Å². The minimum absolute atomic E-state index is 0.141. The van der Waals surface area contributed by atoms with E-state index in [9.17, 15) is 17.6 Å². The highest BCUT2D eigenvalue weighted by molar-refractivity contribution is 7.87. The summed E-state index contributed by atoms with van der Waals surface area (Å²) in [6.45, 7) is 0. The quantitative estimate of drug-likeness (QED) is 0.781. The summed E-state index contributed by atoms with van der Waals surface area (Å²) in [5.74, 6) is -1.15. The molecular formula is C17H16Cl2FN3O3S. The molecule has 144 valence electrons. The molecule has 1 fully saturated rings. The third-order valence-corrected chi connectivity index (χ3v) is 6.47. The SMILES string of the molecule is CN1C(C(=O)Nc2ccc(F)c(Cl)c2)CC(c2ccc(Cl)cc2)NS1(=O)=O. The van der Waals surface area contributed by atoms with Gasteiger partial charge < -0.3 is 5.32 Å². The largest absolute Gasteiger partial charge is 0.325 e. The molecule has 0 aromatic heterocycles. The first-order valence-corrected chi connectivity index (χ1v) is 10.1. The number of rotatable bonds is 3. The van der Waals surface area contributed by atoms with Crippen LogP contribution in [-0.4, -0.2) is 31.7 Å². The van der Waals surface area contributed by atoms with Gasteiger partial charge in [-0.1, -0.05) is 35.3 Å². The van der Waals surface area contributed by atoms with Gasteiger partial charge in [0.25, 0.3) is 10.2 Å². The lowest BCUT2D eigenvalue weighted by Crippen LogP contribution is -2.55. The van der Waals surface area contributed by atoms with Gasteiger partial charge >= 0.3 is 0 Å². The maximum Gasteiger partial charge on any atom is 0.280 e. The lowest BCUT2D eigenvalue weighted by atomic mass is 9.99. The second-order valence-electron chi connectivity index (χ2n) is 6.11. The number of anilines is 1. The van der Waals surface area contributed by atoms with Gasteiger partial charge in [0.15, 0.2) is 0 Å². The molecule has 1 heterocycles. The topological polar surface area (TPSA) is 78.5 Å². The summed E-state index contributed by atoms with van der Waals surface area (Å²) in [7, 11) is -2.55. The molecule has 0 aliphatic carbocycles. The zero-order valence-corrected chi connectivity index (χ0v) is 16.4. The minimum Gasteiger partial charge on any atom is -0.325 e. The van der Waals surface area contributed by atoms with E-state index in [1.54, 1.807) is 24.3 Å². The van der Waals surface area contributed by atoms with Crippen LogP contribution in [0.15, 0.2) is 42.5 Å². The number of hydrogen-bond donors (Lipinski definition) is 2. The Labute approximate surface area is 166 Å². The summed E-state index contributed by atoms with van der Waals surface area (Å²) in [5, 5.41) is 2.97. The first-order valence-electron chi connectivity index (χ1n) is 7.94. The van der Waals surface area contributed by atoms with Crippen LogP contribution in [-0.2, 0) is 15.0 Å². The molecule has 27 heavy (non-hydrogen) atoms. The van der Waals surface area contributed by atoms with E-state index in [2.05, 4.69) is 10.0 Å². The monoisotopic (exact) mass is 431 g/mol. The van der Waals surface area contributed by atoms with Crippen LogP contribution in [0.4, 0.5) is 10.1 Å². The molecule has 1 aliphatic heterocycles. The number of nitrogens with one attached hydrogen (secondary N) is 2. The van der Waals surface area contributed by atoms with Crippen molar-refractivity contribution in [2.45, 2.75) is 18.5 Å². The molecule has 2 unspecified atom stereocenters. The van der Waals surface area contributed by atoms with E-state index in [-0.39, 0.29) is 17.1 Å². The van der Waals surface area contributed by atoms with Crippen LogP contribution in [0.3, 0.4) is 0 Å². The van der Waals surface area contributed by atoms with Gasteiger partial charge in [-0.15, -0.1) is 0 Å². The predicted molar refractivity (Wildman–Crippen MR) is 102 cm³/mol. The third-order valence-electron chi connectivity index (χ3n) is 4.33. The number of nitrogens with zero attached hydrogens (tertiary/aromatic N) is 1. The lowest BCUT2D eigenvalue weighted by molar-refractivity contribution is -0.120. The second-order valence-corrected chi connectivity index (χ2v) is 8.72. The smallest absolute Gasteiger partial charge is 0.280 e. The van der Waals surface area contributed by atoms with Gasteiger partial charge in [-0.3, -0.25) is 4.79 Å². The van der Waals surface area contributed by atoms with Crippen molar-refractivity contribution in [2.24, 2.45) is 0 Å². The Morgan fingerprint density at radius 2 is 1.89 bits per heavy atom. The van der Waals surface area contributed by atoms with Gasteiger partial charge in [0, 0.05) is 23.8 Å². The molecule has 2 aromatic rings. The predicted octanol–water partition coefficient (Wildman–Crippen LogP) is 3.35. The number of amides is 1. The first-order chi connectivity index (χ1) is 12.7. The fourth-order valence-electron chi connectivity index (χ4n) is 2.82. The first kappa shape index (κ1) is 20.0. The van der Waals surface area contributed by atoms with Crippen LogP contribution in [0.2, 0.25) is 10.0 Å². The second kappa shape index (κ2) is 7.73. The molecule has 2 N–H and O–H groups in total. The molecule has 0 spiro atoms. The molecule has 1 saturated heterocycles. The molecule has 3 rings (SSSR count). The standard InChI is InChI=1S/C17H16Cl2FN3O3S/c1-23-16(17(24)21-12-6-7-14(20)13(19)8-12)9-15(22-27(23,25)26)10-2-4-11(18)5-3-10/h2-8,15-16,22H,9H2,1H3,(H,21,24). The summed E-state index contributed by atoms with van der Waals surface area (Å²) in [4.78, 5) is 12.7. The van der Waals surface area contributed by atoms with Crippen LogP contribution in [0.1, 0.15) is 18.0 Å². The van der Waals surface area contributed by atoms with Crippen molar-refractivity contribution in [3.05, 3.63) is 63.9 Å². The van der Waals surface area contributed by atoms with Crippen molar-refractivity contribution >= 4 is 45.0 Å². The zero-order valence-electron chi connectivity index (χ0n) is 14.1. The fraction of sp³-hybridized carbons (Fsp3) is 0.235. The molecular weight excluding hydrogens is 416 g/mol.